The van der Waals surface area contributed by atoms with E-state index in [1.165, 1.54) is 13.2 Å². The quantitative estimate of drug-likeness (QED) is 0.919. The molecular formula is C16H16O4. The van der Waals surface area contributed by atoms with Crippen LogP contribution in [0.2, 0.25) is 0 Å². The zero-order valence-electron chi connectivity index (χ0n) is 11.6. The fourth-order valence-corrected chi connectivity index (χ4v) is 2.01. The first-order chi connectivity index (χ1) is 9.49. The Labute approximate surface area is 117 Å². The van der Waals surface area contributed by atoms with Gasteiger partial charge in [-0.15, -0.1) is 0 Å². The number of carboxylic acid groups (broad SMARTS) is 1. The van der Waals surface area contributed by atoms with E-state index < -0.39 is 5.97 Å². The highest BCUT2D eigenvalue weighted by atomic mass is 16.5. The highest BCUT2D eigenvalue weighted by Gasteiger charge is 2.13. The minimum absolute atomic E-state index is 0.102. The molecule has 2 rings (SSSR count). The van der Waals surface area contributed by atoms with E-state index in [0.717, 1.165) is 11.1 Å². The number of rotatable bonds is 4. The highest BCUT2D eigenvalue weighted by Crippen LogP contribution is 2.30. The van der Waals surface area contributed by atoms with Crippen molar-refractivity contribution in [2.75, 3.05) is 7.11 Å². The van der Waals surface area contributed by atoms with Gasteiger partial charge >= 0.3 is 5.97 Å². The van der Waals surface area contributed by atoms with Crippen LogP contribution in [0.3, 0.4) is 0 Å². The Morgan fingerprint density at radius 3 is 2.20 bits per heavy atom. The van der Waals surface area contributed by atoms with Crippen molar-refractivity contribution in [1.82, 2.24) is 0 Å². The van der Waals surface area contributed by atoms with Gasteiger partial charge in [-0.1, -0.05) is 6.07 Å². The zero-order chi connectivity index (χ0) is 14.7. The monoisotopic (exact) mass is 272 g/mol. The van der Waals surface area contributed by atoms with Crippen LogP contribution in [0.15, 0.2) is 36.4 Å². The van der Waals surface area contributed by atoms with E-state index in [2.05, 4.69) is 0 Å². The Bertz CT molecular complexity index is 627. The van der Waals surface area contributed by atoms with Crippen molar-refractivity contribution in [1.29, 1.82) is 0 Å². The second-order valence-corrected chi connectivity index (χ2v) is 4.59. The third kappa shape index (κ3) is 3.09. The minimum atomic E-state index is -1.04. The second kappa shape index (κ2) is 5.65. The van der Waals surface area contributed by atoms with Crippen LogP contribution in [0.5, 0.6) is 17.2 Å². The maximum absolute atomic E-state index is 11.2. The topological polar surface area (TPSA) is 55.8 Å². The van der Waals surface area contributed by atoms with Crippen LogP contribution >= 0.6 is 0 Å². The lowest BCUT2D eigenvalue weighted by atomic mass is 10.1. The Balaban J connectivity index is 2.42. The predicted octanol–water partition coefficient (Wildman–Crippen LogP) is 3.80. The minimum Gasteiger partial charge on any atom is -0.497 e. The molecule has 0 unspecified atom stereocenters. The van der Waals surface area contributed by atoms with Gasteiger partial charge in [-0.3, -0.25) is 0 Å². The van der Waals surface area contributed by atoms with Gasteiger partial charge in [0.25, 0.3) is 0 Å². The third-order valence-electron chi connectivity index (χ3n) is 2.84. The fraction of sp³-hybridized carbons (Fsp3) is 0.188. The van der Waals surface area contributed by atoms with E-state index >= 15 is 0 Å². The van der Waals surface area contributed by atoms with Gasteiger partial charge < -0.3 is 14.6 Å². The average Bonchev–Trinajstić information content (AvgIpc) is 2.37. The molecule has 0 amide bonds. The van der Waals surface area contributed by atoms with Crippen LogP contribution in [0.1, 0.15) is 21.5 Å². The summed E-state index contributed by atoms with van der Waals surface area (Å²) in [6, 6.07) is 10.4. The maximum atomic E-state index is 11.2. The van der Waals surface area contributed by atoms with Gasteiger partial charge in [0.05, 0.1) is 7.11 Å². The summed E-state index contributed by atoms with van der Waals surface area (Å²) in [4.78, 5) is 11.2. The summed E-state index contributed by atoms with van der Waals surface area (Å²) >= 11 is 0. The van der Waals surface area contributed by atoms with Gasteiger partial charge in [-0.2, -0.15) is 0 Å². The van der Waals surface area contributed by atoms with Gasteiger partial charge in [0, 0.05) is 6.07 Å². The molecule has 0 aliphatic rings. The fourth-order valence-electron chi connectivity index (χ4n) is 2.01. The molecule has 4 heteroatoms. The Hall–Kier alpha value is -2.49. The molecule has 0 aliphatic heterocycles. The first-order valence-corrected chi connectivity index (χ1v) is 6.17. The van der Waals surface area contributed by atoms with Crippen LogP contribution in [0.4, 0.5) is 0 Å². The van der Waals surface area contributed by atoms with Gasteiger partial charge in [-0.25, -0.2) is 4.79 Å². The summed E-state index contributed by atoms with van der Waals surface area (Å²) in [5, 5.41) is 9.20. The zero-order valence-corrected chi connectivity index (χ0v) is 11.6. The third-order valence-corrected chi connectivity index (χ3v) is 2.84. The number of aromatic carboxylic acids is 1. The Kier molecular flexibility index (Phi) is 3.94. The Morgan fingerprint density at radius 2 is 1.65 bits per heavy atom. The number of carboxylic acids is 1. The molecule has 0 aromatic heterocycles. The molecule has 0 atom stereocenters. The van der Waals surface area contributed by atoms with Gasteiger partial charge in [0.1, 0.15) is 22.8 Å². The summed E-state index contributed by atoms with van der Waals surface area (Å²) in [7, 11) is 1.52. The van der Waals surface area contributed by atoms with Crippen LogP contribution < -0.4 is 9.47 Å². The molecule has 2 aromatic carbocycles. The molecule has 20 heavy (non-hydrogen) atoms. The largest absolute Gasteiger partial charge is 0.497 e. The van der Waals surface area contributed by atoms with Crippen molar-refractivity contribution in [3.63, 3.8) is 0 Å². The Morgan fingerprint density at radius 1 is 1.00 bits per heavy atom. The molecule has 0 heterocycles. The molecule has 0 saturated heterocycles. The number of ether oxygens (including phenoxy) is 2. The molecule has 0 spiro atoms. The van der Waals surface area contributed by atoms with Crippen LogP contribution in [0.25, 0.3) is 0 Å². The molecule has 104 valence electrons. The SMILES string of the molecule is COc1ccc(C(=O)O)c(Oc2cc(C)cc(C)c2)c1. The average molecular weight is 272 g/mol. The van der Waals surface area contributed by atoms with E-state index in [1.54, 1.807) is 12.1 Å². The number of methoxy groups -OCH3 is 1. The number of carbonyl (C=O) groups is 1. The number of aryl methyl sites for hydroxylation is 2. The van der Waals surface area contributed by atoms with Crippen LogP contribution in [-0.2, 0) is 0 Å². The molecule has 1 N–H and O–H groups in total. The normalized spacial score (nSPS) is 10.2. The van der Waals surface area contributed by atoms with E-state index in [1.807, 2.05) is 32.0 Å². The van der Waals surface area contributed by atoms with E-state index in [4.69, 9.17) is 9.47 Å². The van der Waals surface area contributed by atoms with E-state index in [0.29, 0.717) is 11.5 Å². The van der Waals surface area contributed by atoms with Crippen LogP contribution in [-0.4, -0.2) is 18.2 Å². The van der Waals surface area contributed by atoms with Crippen molar-refractivity contribution < 1.29 is 19.4 Å². The summed E-state index contributed by atoms with van der Waals surface area (Å²) in [6.45, 7) is 3.92. The standard InChI is InChI=1S/C16H16O4/c1-10-6-11(2)8-13(7-10)20-15-9-12(19-3)4-5-14(15)16(17)18/h4-9H,1-3H3,(H,17,18). The number of hydrogen-bond donors (Lipinski definition) is 1. The lowest BCUT2D eigenvalue weighted by Crippen LogP contribution is -2.00. The molecule has 0 radical (unpaired) electrons. The van der Waals surface area contributed by atoms with Crippen molar-refractivity contribution >= 4 is 5.97 Å². The van der Waals surface area contributed by atoms with Crippen LogP contribution in [0, 0.1) is 13.8 Å². The number of hydrogen-bond acceptors (Lipinski definition) is 3. The van der Waals surface area contributed by atoms with Gasteiger partial charge in [0.15, 0.2) is 0 Å². The lowest BCUT2D eigenvalue weighted by molar-refractivity contribution is 0.0694. The van der Waals surface area contributed by atoms with E-state index in [-0.39, 0.29) is 11.3 Å². The second-order valence-electron chi connectivity index (χ2n) is 4.59. The van der Waals surface area contributed by atoms with E-state index in [9.17, 15) is 9.90 Å². The van der Waals surface area contributed by atoms with Crippen molar-refractivity contribution in [3.8, 4) is 17.2 Å². The maximum Gasteiger partial charge on any atom is 0.339 e. The van der Waals surface area contributed by atoms with Gasteiger partial charge in [0.2, 0.25) is 0 Å². The summed E-state index contributed by atoms with van der Waals surface area (Å²) in [5.74, 6) is 0.390. The summed E-state index contributed by atoms with van der Waals surface area (Å²) in [5.41, 5.74) is 2.21. The molecule has 0 aliphatic carbocycles. The molecule has 2 aromatic rings. The van der Waals surface area contributed by atoms with Crippen molar-refractivity contribution in [2.45, 2.75) is 13.8 Å². The molecule has 0 bridgehead atoms. The molecule has 0 saturated carbocycles. The molecule has 0 fully saturated rings. The smallest absolute Gasteiger partial charge is 0.339 e. The van der Waals surface area contributed by atoms with Gasteiger partial charge in [-0.05, 0) is 49.2 Å². The predicted molar refractivity (Wildman–Crippen MR) is 75.9 cm³/mol. The highest BCUT2D eigenvalue weighted by molar-refractivity contribution is 5.91. The number of benzene rings is 2. The first kappa shape index (κ1) is 13.9. The molecular weight excluding hydrogens is 256 g/mol. The van der Waals surface area contributed by atoms with Crippen molar-refractivity contribution in [2.24, 2.45) is 0 Å². The lowest BCUT2D eigenvalue weighted by Gasteiger charge is -2.11. The summed E-state index contributed by atoms with van der Waals surface area (Å²) in [6.07, 6.45) is 0. The molecule has 4 nitrogen and oxygen atoms in total. The summed E-state index contributed by atoms with van der Waals surface area (Å²) < 4.78 is 10.8. The van der Waals surface area contributed by atoms with Crippen molar-refractivity contribution in [3.05, 3.63) is 53.1 Å². The first-order valence-electron chi connectivity index (χ1n) is 6.17.